The second kappa shape index (κ2) is 9.92. The highest BCUT2D eigenvalue weighted by atomic mass is 79.9. The highest BCUT2D eigenvalue weighted by Crippen LogP contribution is 2.67. The molecule has 214 valence electrons. The number of carboxylic acid groups (broad SMARTS) is 1. The number of fused-ring (bicyclic) bond motifs is 4. The molecule has 1 saturated carbocycles. The van der Waals surface area contributed by atoms with Crippen molar-refractivity contribution in [3.8, 4) is 17.2 Å². The van der Waals surface area contributed by atoms with Crippen LogP contribution in [0.2, 0.25) is 0 Å². The highest BCUT2D eigenvalue weighted by molar-refractivity contribution is 9.09. The van der Waals surface area contributed by atoms with Crippen LogP contribution in [0.4, 0.5) is 0 Å². The van der Waals surface area contributed by atoms with Crippen molar-refractivity contribution in [2.24, 2.45) is 17.8 Å². The van der Waals surface area contributed by atoms with E-state index in [1.54, 1.807) is 6.08 Å². The average molecular weight is 660 g/mol. The minimum Gasteiger partial charge on any atom is -0.508 e. The van der Waals surface area contributed by atoms with E-state index in [4.69, 9.17) is 37.8 Å². The SMILES string of the molecule is COc1cc(O)cc(OC)c1C1C2=CCC3C(=O)N(CCC(=O)O)C(=O)C3C2CC2(Cl)C(=O)N(CBr)C(=O)C12Cl. The molecule has 6 atom stereocenters. The number of carbonyl (C=O) groups excluding carboxylic acids is 4. The molecule has 6 unspecified atom stereocenters. The first-order chi connectivity index (χ1) is 18.9. The Labute approximate surface area is 247 Å². The Bertz CT molecular complexity index is 1360. The number of benzene rings is 1. The number of carbonyl (C=O) groups is 5. The summed E-state index contributed by atoms with van der Waals surface area (Å²) in [4.78, 5) is 63.4. The van der Waals surface area contributed by atoms with E-state index in [9.17, 15) is 29.1 Å². The lowest BCUT2D eigenvalue weighted by molar-refractivity contribution is -0.143. The molecule has 4 amide bonds. The maximum Gasteiger partial charge on any atom is 0.305 e. The zero-order valence-corrected chi connectivity index (χ0v) is 24.5. The molecule has 14 heteroatoms. The van der Waals surface area contributed by atoms with E-state index in [-0.39, 0.29) is 47.7 Å². The molecule has 11 nitrogen and oxygen atoms in total. The van der Waals surface area contributed by atoms with E-state index in [1.165, 1.54) is 26.4 Å². The lowest BCUT2D eigenvalue weighted by Crippen LogP contribution is -2.60. The van der Waals surface area contributed by atoms with Gasteiger partial charge in [0.15, 0.2) is 9.75 Å². The van der Waals surface area contributed by atoms with Crippen molar-refractivity contribution < 1.29 is 43.7 Å². The predicted molar refractivity (Wildman–Crippen MR) is 144 cm³/mol. The van der Waals surface area contributed by atoms with Crippen LogP contribution in [-0.4, -0.2) is 85.6 Å². The van der Waals surface area contributed by atoms with E-state index in [1.807, 2.05) is 0 Å². The third kappa shape index (κ3) is 3.71. The van der Waals surface area contributed by atoms with Crippen LogP contribution in [-0.2, 0) is 24.0 Å². The predicted octanol–water partition coefficient (Wildman–Crippen LogP) is 2.60. The molecule has 0 radical (unpaired) electrons. The molecule has 5 rings (SSSR count). The number of likely N-dealkylation sites (tertiary alicyclic amines) is 2. The van der Waals surface area contributed by atoms with E-state index >= 15 is 0 Å². The topological polar surface area (TPSA) is 151 Å². The molecule has 40 heavy (non-hydrogen) atoms. The zero-order chi connectivity index (χ0) is 29.3. The molecule has 2 aliphatic carbocycles. The summed E-state index contributed by atoms with van der Waals surface area (Å²) in [5.74, 6) is -7.39. The summed E-state index contributed by atoms with van der Waals surface area (Å²) < 4.78 is 11.1. The van der Waals surface area contributed by atoms with Crippen molar-refractivity contribution >= 4 is 68.7 Å². The number of phenolic OH excluding ortho intramolecular Hbond substituents is 1. The molecule has 0 aromatic heterocycles. The molecule has 2 aliphatic heterocycles. The van der Waals surface area contributed by atoms with Gasteiger partial charge in [0.1, 0.15) is 17.2 Å². The summed E-state index contributed by atoms with van der Waals surface area (Å²) in [6.45, 7) is -0.286. The molecular weight excluding hydrogens is 635 g/mol. The average Bonchev–Trinajstić information content (AvgIpc) is 3.24. The molecule has 4 aliphatic rings. The van der Waals surface area contributed by atoms with Crippen LogP contribution in [0.1, 0.15) is 30.7 Å². The van der Waals surface area contributed by atoms with Gasteiger partial charge in [-0.1, -0.05) is 27.6 Å². The van der Waals surface area contributed by atoms with Gasteiger partial charge < -0.3 is 19.7 Å². The molecule has 0 bridgehead atoms. The van der Waals surface area contributed by atoms with E-state index in [2.05, 4.69) is 15.9 Å². The van der Waals surface area contributed by atoms with Crippen LogP contribution in [0.25, 0.3) is 0 Å². The quantitative estimate of drug-likeness (QED) is 0.195. The number of amides is 4. The molecule has 2 saturated heterocycles. The van der Waals surface area contributed by atoms with Gasteiger partial charge in [-0.05, 0) is 18.8 Å². The number of rotatable bonds is 7. The van der Waals surface area contributed by atoms with E-state index in [0.29, 0.717) is 5.57 Å². The third-order valence-corrected chi connectivity index (χ3v) is 10.4. The van der Waals surface area contributed by atoms with Gasteiger partial charge in [-0.3, -0.25) is 33.8 Å². The number of imide groups is 2. The summed E-state index contributed by atoms with van der Waals surface area (Å²) in [5, 5.41) is 19.4. The number of phenols is 1. The van der Waals surface area contributed by atoms with Crippen molar-refractivity contribution in [2.75, 3.05) is 26.2 Å². The van der Waals surface area contributed by atoms with Gasteiger partial charge in [0.2, 0.25) is 11.8 Å². The van der Waals surface area contributed by atoms with Crippen molar-refractivity contribution in [1.29, 1.82) is 0 Å². The highest BCUT2D eigenvalue weighted by Gasteiger charge is 2.76. The molecular formula is C26H25BrCl2N2O9. The number of aromatic hydroxyl groups is 1. The van der Waals surface area contributed by atoms with Crippen LogP contribution in [0.15, 0.2) is 23.8 Å². The van der Waals surface area contributed by atoms with Crippen LogP contribution in [0.5, 0.6) is 17.2 Å². The lowest BCUT2D eigenvalue weighted by Gasteiger charge is -2.51. The monoisotopic (exact) mass is 658 g/mol. The number of methoxy groups -OCH3 is 2. The number of halogens is 3. The number of carboxylic acids is 1. The Morgan fingerprint density at radius 3 is 2.23 bits per heavy atom. The Kier molecular flexibility index (Phi) is 7.11. The van der Waals surface area contributed by atoms with Gasteiger partial charge >= 0.3 is 5.97 Å². The first-order valence-electron chi connectivity index (χ1n) is 12.4. The normalized spacial score (nSPS) is 33.0. The Morgan fingerprint density at radius 2 is 1.68 bits per heavy atom. The van der Waals surface area contributed by atoms with E-state index < -0.39 is 69.4 Å². The number of aliphatic carboxylic acids is 1. The summed E-state index contributed by atoms with van der Waals surface area (Å²) in [6.07, 6.45) is 1.23. The summed E-state index contributed by atoms with van der Waals surface area (Å²) in [5.41, 5.74) is 0.572. The molecule has 1 aromatic carbocycles. The number of ether oxygens (including phenoxy) is 2. The van der Waals surface area contributed by atoms with Crippen LogP contribution in [0, 0.1) is 17.8 Å². The second-order valence-electron chi connectivity index (χ2n) is 10.2. The Morgan fingerprint density at radius 1 is 1.05 bits per heavy atom. The van der Waals surface area contributed by atoms with Gasteiger partial charge in [-0.2, -0.15) is 0 Å². The first-order valence-corrected chi connectivity index (χ1v) is 14.3. The fourth-order valence-electron chi connectivity index (χ4n) is 6.77. The number of hydrogen-bond donors (Lipinski definition) is 2. The Hall–Kier alpha value is -2.83. The lowest BCUT2D eigenvalue weighted by atomic mass is 9.56. The smallest absolute Gasteiger partial charge is 0.305 e. The second-order valence-corrected chi connectivity index (χ2v) is 12.0. The number of alkyl halides is 3. The molecule has 2 N–H and O–H groups in total. The fourth-order valence-corrected chi connectivity index (χ4v) is 8.18. The van der Waals surface area contributed by atoms with Gasteiger partial charge in [0, 0.05) is 30.2 Å². The van der Waals surface area contributed by atoms with Gasteiger partial charge in [0.05, 0.1) is 37.9 Å². The fraction of sp³-hybridized carbons (Fsp3) is 0.500. The van der Waals surface area contributed by atoms with Gasteiger partial charge in [0.25, 0.3) is 11.8 Å². The van der Waals surface area contributed by atoms with Crippen molar-refractivity contribution in [2.45, 2.75) is 34.9 Å². The number of nitrogens with zero attached hydrogens (tertiary/aromatic N) is 2. The van der Waals surface area contributed by atoms with Crippen LogP contribution >= 0.6 is 39.1 Å². The summed E-state index contributed by atoms with van der Waals surface area (Å²) >= 11 is 17.6. The molecule has 2 heterocycles. The maximum absolute atomic E-state index is 13.9. The van der Waals surface area contributed by atoms with Crippen molar-refractivity contribution in [1.82, 2.24) is 9.80 Å². The van der Waals surface area contributed by atoms with Crippen molar-refractivity contribution in [3.63, 3.8) is 0 Å². The molecule has 1 aromatic rings. The third-order valence-electron chi connectivity index (χ3n) is 8.47. The summed E-state index contributed by atoms with van der Waals surface area (Å²) in [7, 11) is 2.70. The maximum atomic E-state index is 13.9. The van der Waals surface area contributed by atoms with E-state index in [0.717, 1.165) is 9.80 Å². The minimum absolute atomic E-state index is 0.110. The van der Waals surface area contributed by atoms with Crippen LogP contribution in [0.3, 0.4) is 0 Å². The van der Waals surface area contributed by atoms with Crippen molar-refractivity contribution in [3.05, 3.63) is 29.3 Å². The number of allylic oxidation sites excluding steroid dienone is 2. The van der Waals surface area contributed by atoms with Gasteiger partial charge in [-0.25, -0.2) is 0 Å². The molecule has 3 fully saturated rings. The largest absolute Gasteiger partial charge is 0.508 e. The first kappa shape index (κ1) is 28.7. The minimum atomic E-state index is -2.08. The van der Waals surface area contributed by atoms with Gasteiger partial charge in [-0.15, -0.1) is 23.2 Å². The summed E-state index contributed by atoms with van der Waals surface area (Å²) in [6, 6.07) is 2.62. The standard InChI is InChI=1S/C26H25BrCl2N2O9/c1-39-15-7-11(32)8-16(40-2)19(15)20-12-3-4-13-18(22(36)30(21(13)35)6-5-17(33)34)14(12)9-25(28)23(37)31(10-27)24(38)26(20,25)29/h3,7-8,13-14,18,20,32H,4-6,9-10H2,1-2H3,(H,33,34). The Balaban J connectivity index is 1.74. The number of hydrogen-bond acceptors (Lipinski definition) is 8. The van der Waals surface area contributed by atoms with Crippen LogP contribution < -0.4 is 9.47 Å². The molecule has 0 spiro atoms. The zero-order valence-electron chi connectivity index (χ0n) is 21.4.